The minimum atomic E-state index is -0.653. The second kappa shape index (κ2) is 9.77. The van der Waals surface area contributed by atoms with Crippen molar-refractivity contribution in [2.45, 2.75) is 33.4 Å². The number of carbonyl (C=O) groups excluding carboxylic acids is 2. The van der Waals surface area contributed by atoms with Gasteiger partial charge in [-0.15, -0.1) is 0 Å². The smallest absolute Gasteiger partial charge is 0.344 e. The van der Waals surface area contributed by atoms with Crippen molar-refractivity contribution in [3.8, 4) is 17.4 Å². The largest absolute Gasteiger partial charge is 0.486 e. The van der Waals surface area contributed by atoms with E-state index in [1.54, 1.807) is 25.1 Å². The maximum atomic E-state index is 12.8. The first kappa shape index (κ1) is 22.4. The van der Waals surface area contributed by atoms with Crippen LogP contribution in [0.2, 0.25) is 0 Å². The van der Waals surface area contributed by atoms with Gasteiger partial charge in [-0.3, -0.25) is 4.79 Å². The van der Waals surface area contributed by atoms with Crippen LogP contribution < -0.4 is 14.2 Å². The van der Waals surface area contributed by atoms with Gasteiger partial charge in [0.15, 0.2) is 24.2 Å². The van der Waals surface area contributed by atoms with Gasteiger partial charge in [-0.05, 0) is 51.1 Å². The van der Waals surface area contributed by atoms with E-state index in [2.05, 4.69) is 4.98 Å². The molecule has 0 N–H and O–H groups in total. The fraction of sp³-hybridized carbons (Fsp3) is 0.320. The van der Waals surface area contributed by atoms with E-state index in [1.807, 2.05) is 42.7 Å². The van der Waals surface area contributed by atoms with Crippen molar-refractivity contribution in [3.63, 3.8) is 0 Å². The van der Waals surface area contributed by atoms with Crippen LogP contribution in [0.1, 0.15) is 39.0 Å². The normalized spacial score (nSPS) is 14.6. The Labute approximate surface area is 192 Å². The molecular formula is C25H26N2O6. The molecule has 1 aliphatic heterocycles. The summed E-state index contributed by atoms with van der Waals surface area (Å²) in [4.78, 5) is 29.3. The number of fused-ring (bicyclic) bond motifs is 1. The lowest BCUT2D eigenvalue weighted by Gasteiger charge is -2.27. The Balaban J connectivity index is 1.41. The highest BCUT2D eigenvalue weighted by Gasteiger charge is 2.24. The summed E-state index contributed by atoms with van der Waals surface area (Å²) in [5.74, 6) is 0.692. The number of nitrogens with zero attached hydrogens (tertiary/aromatic N) is 2. The molecule has 0 unspecified atom stereocenters. The number of hydrogen-bond acceptors (Lipinski definition) is 7. The Morgan fingerprint density at radius 3 is 2.70 bits per heavy atom. The van der Waals surface area contributed by atoms with Crippen LogP contribution in [0.3, 0.4) is 0 Å². The lowest BCUT2D eigenvalue weighted by atomic mass is 10.1. The van der Waals surface area contributed by atoms with E-state index in [0.717, 1.165) is 17.1 Å². The van der Waals surface area contributed by atoms with Gasteiger partial charge in [0.1, 0.15) is 12.2 Å². The van der Waals surface area contributed by atoms with E-state index in [-0.39, 0.29) is 29.9 Å². The maximum absolute atomic E-state index is 12.8. The average Bonchev–Trinajstić information content (AvgIpc) is 3.11. The van der Waals surface area contributed by atoms with Crippen LogP contribution in [0, 0.1) is 13.8 Å². The van der Waals surface area contributed by atoms with E-state index in [9.17, 15) is 9.59 Å². The molecular weight excluding hydrogens is 424 g/mol. The predicted octanol–water partition coefficient (Wildman–Crippen LogP) is 3.78. The van der Waals surface area contributed by atoms with Crippen LogP contribution >= 0.6 is 0 Å². The van der Waals surface area contributed by atoms with Gasteiger partial charge in [0.05, 0.1) is 13.2 Å². The lowest BCUT2D eigenvalue weighted by molar-refractivity contribution is 0.0469. The monoisotopic (exact) mass is 450 g/mol. The third kappa shape index (κ3) is 4.84. The van der Waals surface area contributed by atoms with E-state index < -0.39 is 5.97 Å². The minimum Gasteiger partial charge on any atom is -0.486 e. The number of rotatable bonds is 8. The molecule has 3 aromatic rings. The number of benzene rings is 1. The summed E-state index contributed by atoms with van der Waals surface area (Å²) in [6, 6.07) is 12.5. The summed E-state index contributed by atoms with van der Waals surface area (Å²) in [6.45, 7) is 6.54. The molecule has 0 bridgehead atoms. The average molecular weight is 450 g/mol. The molecule has 0 spiro atoms. The summed E-state index contributed by atoms with van der Waals surface area (Å²) >= 11 is 0. The second-order valence-electron chi connectivity index (χ2n) is 7.68. The first-order valence-electron chi connectivity index (χ1n) is 10.8. The number of aryl methyl sites for hydroxylation is 1. The Bertz CT molecular complexity index is 1170. The molecule has 0 amide bonds. The van der Waals surface area contributed by atoms with Gasteiger partial charge in [0, 0.05) is 23.1 Å². The minimum absolute atomic E-state index is 0.187. The van der Waals surface area contributed by atoms with Crippen molar-refractivity contribution in [1.29, 1.82) is 0 Å². The van der Waals surface area contributed by atoms with Crippen molar-refractivity contribution < 1.29 is 28.5 Å². The molecule has 0 saturated carbocycles. The maximum Gasteiger partial charge on any atom is 0.344 e. The molecule has 4 rings (SSSR count). The molecule has 0 fully saturated rings. The highest BCUT2D eigenvalue weighted by atomic mass is 16.6. The molecule has 3 heterocycles. The number of Topliss-reactive ketones (excluding diaryl/α,β-unsaturated/α-hetero) is 1. The second-order valence-corrected chi connectivity index (χ2v) is 7.68. The molecule has 33 heavy (non-hydrogen) atoms. The van der Waals surface area contributed by atoms with Crippen LogP contribution in [0.5, 0.6) is 17.4 Å². The quantitative estimate of drug-likeness (QED) is 0.381. The van der Waals surface area contributed by atoms with Crippen molar-refractivity contribution in [2.75, 3.05) is 19.8 Å². The summed E-state index contributed by atoms with van der Waals surface area (Å²) in [7, 11) is 0. The van der Waals surface area contributed by atoms with Gasteiger partial charge in [-0.1, -0.05) is 12.1 Å². The first-order valence-corrected chi connectivity index (χ1v) is 10.8. The van der Waals surface area contributed by atoms with E-state index >= 15 is 0 Å². The zero-order valence-corrected chi connectivity index (χ0v) is 18.9. The van der Waals surface area contributed by atoms with Crippen LogP contribution in [0.15, 0.2) is 48.7 Å². The van der Waals surface area contributed by atoms with Crippen molar-refractivity contribution in [3.05, 3.63) is 71.2 Å². The Hall–Kier alpha value is -3.81. The summed E-state index contributed by atoms with van der Waals surface area (Å²) in [5.41, 5.74) is 2.39. The van der Waals surface area contributed by atoms with E-state index in [0.29, 0.717) is 31.1 Å². The number of ketones is 1. The van der Waals surface area contributed by atoms with Crippen LogP contribution in [0.4, 0.5) is 0 Å². The lowest BCUT2D eigenvalue weighted by Crippen LogP contribution is -2.33. The summed E-state index contributed by atoms with van der Waals surface area (Å²) in [6.07, 6.45) is 1.34. The molecule has 1 aliphatic rings. The van der Waals surface area contributed by atoms with E-state index in [4.69, 9.17) is 18.9 Å². The van der Waals surface area contributed by atoms with Gasteiger partial charge in [-0.25, -0.2) is 9.78 Å². The third-order valence-electron chi connectivity index (χ3n) is 5.43. The molecule has 172 valence electrons. The molecule has 0 radical (unpaired) electrons. The molecule has 1 aromatic carbocycles. The predicted molar refractivity (Wildman–Crippen MR) is 120 cm³/mol. The number of aromatic nitrogens is 2. The van der Waals surface area contributed by atoms with Crippen LogP contribution in [-0.2, 0) is 11.3 Å². The zero-order valence-electron chi connectivity index (χ0n) is 18.9. The highest BCUT2D eigenvalue weighted by Crippen LogP contribution is 2.31. The molecule has 0 aliphatic carbocycles. The van der Waals surface area contributed by atoms with Gasteiger partial charge < -0.3 is 23.5 Å². The number of hydrogen-bond donors (Lipinski definition) is 0. The number of carbonyl (C=O) groups is 2. The third-order valence-corrected chi connectivity index (χ3v) is 5.43. The van der Waals surface area contributed by atoms with Crippen molar-refractivity contribution in [2.24, 2.45) is 0 Å². The standard InChI is InChI=1S/C25H26N2O6/c1-4-30-24-19(8-7-11-26-24)25(29)32-15-21(28)20-12-16(2)27(17(20)3)13-18-14-31-22-9-5-6-10-23(22)33-18/h5-12,18H,4,13-15H2,1-3H3/t18-/m0/s1. The summed E-state index contributed by atoms with van der Waals surface area (Å²) in [5, 5.41) is 0. The van der Waals surface area contributed by atoms with Crippen LogP contribution in [-0.4, -0.2) is 47.2 Å². The Kier molecular flexibility index (Phi) is 6.63. The molecule has 0 saturated heterocycles. The topological polar surface area (TPSA) is 88.9 Å². The van der Waals surface area contributed by atoms with Gasteiger partial charge >= 0.3 is 5.97 Å². The molecule has 1 atom stereocenters. The fourth-order valence-corrected chi connectivity index (χ4v) is 3.81. The molecule has 2 aromatic heterocycles. The Morgan fingerprint density at radius 2 is 1.91 bits per heavy atom. The number of para-hydroxylation sites is 2. The van der Waals surface area contributed by atoms with Gasteiger partial charge in [0.25, 0.3) is 0 Å². The number of pyridine rings is 1. The molecule has 8 heteroatoms. The van der Waals surface area contributed by atoms with Crippen molar-refractivity contribution >= 4 is 11.8 Å². The van der Waals surface area contributed by atoms with Crippen LogP contribution in [0.25, 0.3) is 0 Å². The van der Waals surface area contributed by atoms with Gasteiger partial charge in [0.2, 0.25) is 11.7 Å². The highest BCUT2D eigenvalue weighted by molar-refractivity contribution is 6.00. The number of ether oxygens (including phenoxy) is 4. The van der Waals surface area contributed by atoms with Crippen molar-refractivity contribution in [1.82, 2.24) is 9.55 Å². The SMILES string of the molecule is CCOc1ncccc1C(=O)OCC(=O)c1cc(C)n(C[C@H]2COc3ccccc3O2)c1C. The zero-order chi connectivity index (χ0) is 23.4. The Morgan fingerprint density at radius 1 is 1.12 bits per heavy atom. The molecule has 8 nitrogen and oxygen atoms in total. The first-order chi connectivity index (χ1) is 16.0. The van der Waals surface area contributed by atoms with Gasteiger partial charge in [-0.2, -0.15) is 0 Å². The fourth-order valence-electron chi connectivity index (χ4n) is 3.81. The number of esters is 1. The summed E-state index contributed by atoms with van der Waals surface area (Å²) < 4.78 is 24.5. The van der Waals surface area contributed by atoms with E-state index in [1.165, 1.54) is 6.20 Å².